The molecule has 5 atom stereocenters. The van der Waals surface area contributed by atoms with E-state index in [9.17, 15) is 43.2 Å². The molecule has 0 aliphatic heterocycles. The molecule has 19 heteroatoms. The maximum atomic E-state index is 13.1. The zero-order valence-corrected chi connectivity index (χ0v) is 68.4. The molecule has 17 nitrogen and oxygen atoms in total. The summed E-state index contributed by atoms with van der Waals surface area (Å²) in [4.78, 5) is 73.0. The van der Waals surface area contributed by atoms with Crippen molar-refractivity contribution in [3.63, 3.8) is 0 Å². The van der Waals surface area contributed by atoms with Crippen molar-refractivity contribution in [2.45, 2.75) is 426 Å². The van der Waals surface area contributed by atoms with Crippen LogP contribution in [0, 0.1) is 17.8 Å². The lowest BCUT2D eigenvalue weighted by Gasteiger charge is -2.21. The highest BCUT2D eigenvalue weighted by Gasteiger charge is 2.30. The van der Waals surface area contributed by atoms with Crippen LogP contribution in [0.1, 0.15) is 408 Å². The van der Waals surface area contributed by atoms with E-state index >= 15 is 0 Å². The Morgan fingerprint density at radius 1 is 0.304 bits per heavy atom. The molecule has 0 aromatic heterocycles. The van der Waals surface area contributed by atoms with Gasteiger partial charge in [-0.1, -0.05) is 355 Å². The average molecular weight is 1490 g/mol. The molecule has 0 fully saturated rings. The minimum Gasteiger partial charge on any atom is -0.462 e. The highest BCUT2D eigenvalue weighted by molar-refractivity contribution is 7.47. The van der Waals surface area contributed by atoms with Gasteiger partial charge in [-0.25, -0.2) is 9.13 Å². The summed E-state index contributed by atoms with van der Waals surface area (Å²) in [6.45, 7) is 11.9. The fourth-order valence-electron chi connectivity index (χ4n) is 12.3. The molecule has 602 valence electrons. The van der Waals surface area contributed by atoms with Crippen molar-refractivity contribution < 1.29 is 80.2 Å². The molecule has 0 aromatic rings. The van der Waals surface area contributed by atoms with Crippen LogP contribution in [-0.4, -0.2) is 96.7 Å². The number of esters is 4. The number of ether oxygens (including phenoxy) is 4. The molecule has 0 saturated carbocycles. The summed E-state index contributed by atoms with van der Waals surface area (Å²) >= 11 is 0. The first-order chi connectivity index (χ1) is 49.2. The summed E-state index contributed by atoms with van der Waals surface area (Å²) in [5.74, 6) is 0.148. The number of rotatable bonds is 79. The van der Waals surface area contributed by atoms with Crippen molar-refractivity contribution in [2.24, 2.45) is 17.8 Å². The largest absolute Gasteiger partial charge is 0.472 e. The highest BCUT2D eigenvalue weighted by atomic mass is 31.2. The molecule has 0 heterocycles. The van der Waals surface area contributed by atoms with Crippen molar-refractivity contribution >= 4 is 39.5 Å². The maximum Gasteiger partial charge on any atom is 0.472 e. The Hall–Kier alpha value is -2.46. The summed E-state index contributed by atoms with van der Waals surface area (Å²) in [5, 5.41) is 10.6. The quantitative estimate of drug-likeness (QED) is 0.0169. The van der Waals surface area contributed by atoms with Crippen LogP contribution in [0.25, 0.3) is 0 Å². The van der Waals surface area contributed by atoms with Crippen LogP contribution >= 0.6 is 15.6 Å². The highest BCUT2D eigenvalue weighted by Crippen LogP contribution is 2.45. The molecule has 3 unspecified atom stereocenters. The summed E-state index contributed by atoms with van der Waals surface area (Å²) in [5.41, 5.74) is 0. The fraction of sp³-hybridized carbons (Fsp3) is 0.904. The van der Waals surface area contributed by atoms with Crippen LogP contribution in [-0.2, 0) is 65.4 Å². The van der Waals surface area contributed by atoms with Gasteiger partial charge in [0.25, 0.3) is 0 Å². The van der Waals surface area contributed by atoms with E-state index in [0.29, 0.717) is 31.6 Å². The monoisotopic (exact) mass is 1490 g/mol. The van der Waals surface area contributed by atoms with Gasteiger partial charge in [0.05, 0.1) is 26.4 Å². The zero-order valence-electron chi connectivity index (χ0n) is 66.6. The second-order valence-electron chi connectivity index (χ2n) is 30.6. The van der Waals surface area contributed by atoms with Crippen LogP contribution in [0.4, 0.5) is 0 Å². The molecular formula is C83H158O17P2. The van der Waals surface area contributed by atoms with Crippen molar-refractivity contribution in [1.82, 2.24) is 0 Å². The normalized spacial score (nSPS) is 14.1. The molecule has 0 rings (SSSR count). The van der Waals surface area contributed by atoms with Crippen molar-refractivity contribution in [3.05, 3.63) is 24.3 Å². The number of aliphatic hydroxyl groups is 1. The fourth-order valence-corrected chi connectivity index (χ4v) is 13.9. The van der Waals surface area contributed by atoms with Gasteiger partial charge in [-0.3, -0.25) is 37.3 Å². The molecule has 102 heavy (non-hydrogen) atoms. The van der Waals surface area contributed by atoms with Gasteiger partial charge in [-0.05, 0) is 69.1 Å². The Morgan fingerprint density at radius 3 is 0.794 bits per heavy atom. The number of aliphatic hydroxyl groups excluding tert-OH is 1. The first kappa shape index (κ1) is 99.5. The van der Waals surface area contributed by atoms with Crippen LogP contribution in [0.2, 0.25) is 0 Å². The molecule has 0 aliphatic carbocycles. The molecule has 3 N–H and O–H groups in total. The van der Waals surface area contributed by atoms with Gasteiger partial charge in [0.1, 0.15) is 19.3 Å². The Morgan fingerprint density at radius 2 is 0.529 bits per heavy atom. The third kappa shape index (κ3) is 75.8. The van der Waals surface area contributed by atoms with E-state index in [1.807, 2.05) is 0 Å². The van der Waals surface area contributed by atoms with Gasteiger partial charge in [-0.2, -0.15) is 0 Å². The molecule has 0 aliphatic rings. The Labute approximate surface area is 624 Å². The van der Waals surface area contributed by atoms with E-state index in [4.69, 9.17) is 37.0 Å². The SMILES string of the molecule is CCCCCC/C=C\C=C/CCCCCCCC(=O)OC[C@H](COP(=O)(O)OCC(O)COP(=O)(O)OC[C@@H](COC(=O)CCCCCCCCC(C)C)OC(=O)CCCCCCCCCCCCCCCCCCCCC(C)C)OC(=O)CCCCCCCCCCCCCCCCC(C)C. The predicted molar refractivity (Wildman–Crippen MR) is 418 cm³/mol. The molecule has 0 aromatic carbocycles. The van der Waals surface area contributed by atoms with Gasteiger partial charge in [0.2, 0.25) is 0 Å². The van der Waals surface area contributed by atoms with Crippen LogP contribution < -0.4 is 0 Å². The van der Waals surface area contributed by atoms with Gasteiger partial charge < -0.3 is 33.8 Å². The number of carbonyl (C=O) groups excluding carboxylic acids is 4. The van der Waals surface area contributed by atoms with E-state index in [2.05, 4.69) is 72.8 Å². The topological polar surface area (TPSA) is 237 Å². The van der Waals surface area contributed by atoms with E-state index in [0.717, 1.165) is 127 Å². The number of carbonyl (C=O) groups is 4. The van der Waals surface area contributed by atoms with E-state index in [-0.39, 0.29) is 25.7 Å². The average Bonchev–Trinajstić information content (AvgIpc) is 0.909. The van der Waals surface area contributed by atoms with Crippen LogP contribution in [0.15, 0.2) is 24.3 Å². The molecule has 0 bridgehead atoms. The second kappa shape index (κ2) is 72.7. The number of hydrogen-bond acceptors (Lipinski definition) is 15. The number of phosphoric acid groups is 2. The van der Waals surface area contributed by atoms with Crippen LogP contribution in [0.3, 0.4) is 0 Å². The van der Waals surface area contributed by atoms with Crippen LogP contribution in [0.5, 0.6) is 0 Å². The summed E-state index contributed by atoms with van der Waals surface area (Å²) in [6, 6.07) is 0. The minimum atomic E-state index is -4.97. The molecule has 0 saturated heterocycles. The Bertz CT molecular complexity index is 2070. The first-order valence-corrected chi connectivity index (χ1v) is 45.2. The Kier molecular flexibility index (Phi) is 71.0. The van der Waals surface area contributed by atoms with Gasteiger partial charge in [0.15, 0.2) is 12.2 Å². The van der Waals surface area contributed by atoms with Gasteiger partial charge in [-0.15, -0.1) is 0 Å². The third-order valence-corrected chi connectivity index (χ3v) is 20.7. The van der Waals surface area contributed by atoms with E-state index < -0.39 is 97.5 Å². The van der Waals surface area contributed by atoms with Gasteiger partial charge >= 0.3 is 39.5 Å². The predicted octanol–water partition coefficient (Wildman–Crippen LogP) is 24.5. The Balaban J connectivity index is 5.22. The summed E-state index contributed by atoms with van der Waals surface area (Å²) < 4.78 is 68.7. The lowest BCUT2D eigenvalue weighted by atomic mass is 10.0. The van der Waals surface area contributed by atoms with E-state index in [1.165, 1.54) is 193 Å². The third-order valence-electron chi connectivity index (χ3n) is 18.8. The number of allylic oxidation sites excluding steroid dienone is 4. The molecule has 0 radical (unpaired) electrons. The van der Waals surface area contributed by atoms with Crippen molar-refractivity contribution in [3.8, 4) is 0 Å². The lowest BCUT2D eigenvalue weighted by molar-refractivity contribution is -0.161. The summed E-state index contributed by atoms with van der Waals surface area (Å²) in [7, 11) is -9.93. The molecular weight excluding hydrogens is 1330 g/mol. The number of phosphoric ester groups is 2. The van der Waals surface area contributed by atoms with Gasteiger partial charge in [0, 0.05) is 25.7 Å². The number of hydrogen-bond donors (Lipinski definition) is 3. The second-order valence-corrected chi connectivity index (χ2v) is 33.5. The molecule has 0 spiro atoms. The minimum absolute atomic E-state index is 0.100. The maximum absolute atomic E-state index is 13.1. The smallest absolute Gasteiger partial charge is 0.462 e. The molecule has 0 amide bonds. The number of unbranched alkanes of at least 4 members (excludes halogenated alkanes) is 44. The summed E-state index contributed by atoms with van der Waals surface area (Å²) in [6.07, 6.45) is 64.9. The standard InChI is InChI=1S/C83H158O17P2/c1-8-9-10-11-12-13-14-15-20-27-32-37-42-50-57-64-80(85)93-70-78(99-82(87)66-60-53-44-39-34-29-24-23-26-31-36-41-48-55-62-75(4)5)72-97-101(89,90)95-68-77(84)69-96-102(91,92)98-73-79(71-94-81(86)65-58-51-46-45-49-56-63-76(6)7)100-83(88)67-59-52-43-38-33-28-22-19-17-16-18-21-25-30-35-40-47-54-61-74(2)3/h13-15,20,74-79,84H,8-12,16-19,21-73H2,1-7H3,(H,89,90)(H,91,92)/b14-13-,20-15-/t77?,78-,79-/m1/s1. The zero-order chi connectivity index (χ0) is 75.1. The van der Waals surface area contributed by atoms with Crippen molar-refractivity contribution in [1.29, 1.82) is 0 Å². The van der Waals surface area contributed by atoms with E-state index in [1.54, 1.807) is 0 Å². The first-order valence-electron chi connectivity index (χ1n) is 42.2. The lowest BCUT2D eigenvalue weighted by Crippen LogP contribution is -2.30. The van der Waals surface area contributed by atoms with Crippen molar-refractivity contribution in [2.75, 3.05) is 39.6 Å².